The summed E-state index contributed by atoms with van der Waals surface area (Å²) < 4.78 is 5.00. The van der Waals surface area contributed by atoms with Crippen molar-refractivity contribution >= 4 is 29.5 Å². The van der Waals surface area contributed by atoms with Crippen molar-refractivity contribution in [3.05, 3.63) is 29.3 Å². The maximum absolute atomic E-state index is 12.3. The van der Waals surface area contributed by atoms with Crippen LogP contribution in [0.3, 0.4) is 0 Å². The highest BCUT2D eigenvalue weighted by Gasteiger charge is 2.25. The van der Waals surface area contributed by atoms with Gasteiger partial charge in [0.05, 0.1) is 0 Å². The minimum Gasteiger partial charge on any atom is -0.454 e. The Bertz CT molecular complexity index is 875. The summed E-state index contributed by atoms with van der Waals surface area (Å²) in [6.45, 7) is 6.45. The van der Waals surface area contributed by atoms with Gasteiger partial charge in [0.25, 0.3) is 5.91 Å². The highest BCUT2D eigenvalue weighted by atomic mass is 35.5. The molecule has 1 heterocycles. The van der Waals surface area contributed by atoms with Gasteiger partial charge in [-0.1, -0.05) is 18.5 Å². The Morgan fingerprint density at radius 3 is 2.45 bits per heavy atom. The number of nitrogens with one attached hydrogen (secondary N) is 2. The lowest BCUT2D eigenvalue weighted by Crippen LogP contribution is -2.49. The van der Waals surface area contributed by atoms with Crippen molar-refractivity contribution in [3.63, 3.8) is 0 Å². The fraction of sp³-hybridized carbons (Fsp3) is 0.444. The molecule has 0 saturated heterocycles. The molecule has 10 nitrogen and oxygen atoms in total. The first-order valence-corrected chi connectivity index (χ1v) is 9.31. The Kier molecular flexibility index (Phi) is 7.27. The molecule has 0 bridgehead atoms. The molecule has 2 aromatic rings. The molecule has 0 saturated carbocycles. The molecule has 0 aliphatic heterocycles. The molecule has 0 aliphatic rings. The first kappa shape index (κ1) is 22.3. The topological polar surface area (TPSA) is 128 Å². The highest BCUT2D eigenvalue weighted by Crippen LogP contribution is 2.18. The van der Waals surface area contributed by atoms with Crippen LogP contribution in [0.4, 0.5) is 4.79 Å². The number of imide groups is 1. The summed E-state index contributed by atoms with van der Waals surface area (Å²) in [7, 11) is 0. The zero-order valence-electron chi connectivity index (χ0n) is 16.6. The van der Waals surface area contributed by atoms with Crippen LogP contribution in [0.5, 0.6) is 0 Å². The third-order valence-electron chi connectivity index (χ3n) is 3.56. The second-order valence-corrected chi connectivity index (χ2v) is 7.66. The average Bonchev–Trinajstić information content (AvgIpc) is 3.09. The number of urea groups is 1. The summed E-state index contributed by atoms with van der Waals surface area (Å²) in [5, 5.41) is 17.3. The fourth-order valence-corrected chi connectivity index (χ4v) is 2.39. The van der Waals surface area contributed by atoms with Crippen molar-refractivity contribution < 1.29 is 19.1 Å². The summed E-state index contributed by atoms with van der Waals surface area (Å²) in [6.07, 6.45) is 0.321. The second kappa shape index (κ2) is 9.46. The number of hydrogen-bond donors (Lipinski definition) is 2. The molecule has 11 heteroatoms. The van der Waals surface area contributed by atoms with E-state index >= 15 is 0 Å². The van der Waals surface area contributed by atoms with Gasteiger partial charge >= 0.3 is 12.0 Å². The zero-order chi connectivity index (χ0) is 21.6. The van der Waals surface area contributed by atoms with Crippen molar-refractivity contribution in [1.82, 2.24) is 30.8 Å². The van der Waals surface area contributed by atoms with Gasteiger partial charge in [-0.2, -0.15) is 0 Å². The Labute approximate surface area is 172 Å². The molecule has 0 radical (unpaired) electrons. The van der Waals surface area contributed by atoms with Crippen molar-refractivity contribution in [2.24, 2.45) is 0 Å². The number of benzene rings is 1. The van der Waals surface area contributed by atoms with Crippen molar-refractivity contribution in [2.75, 3.05) is 6.61 Å². The summed E-state index contributed by atoms with van der Waals surface area (Å²) in [6, 6.07) is 5.32. The number of hydrogen-bond acceptors (Lipinski definition) is 7. The lowest BCUT2D eigenvalue weighted by atomic mass is 10.1. The maximum Gasteiger partial charge on any atom is 0.333 e. The van der Waals surface area contributed by atoms with Crippen LogP contribution < -0.4 is 10.6 Å². The highest BCUT2D eigenvalue weighted by molar-refractivity contribution is 6.30. The third kappa shape index (κ3) is 6.83. The van der Waals surface area contributed by atoms with Gasteiger partial charge in [-0.05, 0) is 56.7 Å². The summed E-state index contributed by atoms with van der Waals surface area (Å²) >= 11 is 5.86. The Hall–Kier alpha value is -3.01. The number of carbonyl (C=O) groups is 3. The molecule has 3 amide bonds. The van der Waals surface area contributed by atoms with Crippen LogP contribution in [0.1, 0.15) is 40.2 Å². The molecular weight excluding hydrogens is 400 g/mol. The van der Waals surface area contributed by atoms with Crippen LogP contribution in [-0.4, -0.2) is 50.3 Å². The largest absolute Gasteiger partial charge is 0.454 e. The fourth-order valence-electron chi connectivity index (χ4n) is 2.26. The van der Waals surface area contributed by atoms with Gasteiger partial charge in [0.1, 0.15) is 0 Å². The molecule has 1 aromatic heterocycles. The number of tetrazole rings is 1. The quantitative estimate of drug-likeness (QED) is 0.682. The Morgan fingerprint density at radius 2 is 1.86 bits per heavy atom. The van der Waals surface area contributed by atoms with Crippen LogP contribution in [-0.2, 0) is 14.3 Å². The number of halogens is 1. The van der Waals surface area contributed by atoms with E-state index in [1.807, 2.05) is 0 Å². The molecule has 2 rings (SSSR count). The first-order chi connectivity index (χ1) is 13.6. The Morgan fingerprint density at radius 1 is 1.21 bits per heavy atom. The van der Waals surface area contributed by atoms with E-state index in [1.165, 1.54) is 0 Å². The minimum absolute atomic E-state index is 0.321. The number of nitrogens with zero attached hydrogens (tertiary/aromatic N) is 4. The van der Waals surface area contributed by atoms with E-state index in [0.717, 1.165) is 4.80 Å². The van der Waals surface area contributed by atoms with Gasteiger partial charge in [-0.3, -0.25) is 10.1 Å². The van der Waals surface area contributed by atoms with E-state index < -0.39 is 36.1 Å². The van der Waals surface area contributed by atoms with Crippen LogP contribution in [0.15, 0.2) is 24.3 Å². The standard InChI is InChI=1S/C18H23ClN6O4/c1-5-13(16(27)29-10-14(26)20-17(28)21-18(2,3)4)25-23-15(22-24-25)11-6-8-12(19)9-7-11/h6-9,13H,5,10H2,1-4H3,(H2,20,21,26,28). The van der Waals surface area contributed by atoms with Gasteiger partial charge in [-0.15, -0.1) is 15.0 Å². The van der Waals surface area contributed by atoms with Gasteiger partial charge in [0.2, 0.25) is 5.82 Å². The molecular formula is C18H23ClN6O4. The van der Waals surface area contributed by atoms with Crippen molar-refractivity contribution in [1.29, 1.82) is 0 Å². The number of ether oxygens (including phenoxy) is 1. The second-order valence-electron chi connectivity index (χ2n) is 7.22. The van der Waals surface area contributed by atoms with Gasteiger partial charge in [-0.25, -0.2) is 9.59 Å². The van der Waals surface area contributed by atoms with Gasteiger partial charge in [0.15, 0.2) is 12.6 Å². The van der Waals surface area contributed by atoms with E-state index in [0.29, 0.717) is 22.8 Å². The number of rotatable bonds is 6. The molecule has 0 aliphatic carbocycles. The van der Waals surface area contributed by atoms with Crippen LogP contribution in [0.25, 0.3) is 11.4 Å². The van der Waals surface area contributed by atoms with E-state index in [1.54, 1.807) is 52.0 Å². The van der Waals surface area contributed by atoms with E-state index in [2.05, 4.69) is 26.0 Å². The predicted molar refractivity (Wildman–Crippen MR) is 105 cm³/mol. The first-order valence-electron chi connectivity index (χ1n) is 8.93. The molecule has 29 heavy (non-hydrogen) atoms. The average molecular weight is 423 g/mol. The monoisotopic (exact) mass is 422 g/mol. The summed E-state index contributed by atoms with van der Waals surface area (Å²) in [5.74, 6) is -1.13. The van der Waals surface area contributed by atoms with Crippen molar-refractivity contribution in [2.45, 2.75) is 45.7 Å². The van der Waals surface area contributed by atoms with Gasteiger partial charge in [0, 0.05) is 16.1 Å². The summed E-state index contributed by atoms with van der Waals surface area (Å²) in [4.78, 5) is 36.9. The van der Waals surface area contributed by atoms with Crippen LogP contribution >= 0.6 is 11.6 Å². The molecule has 0 spiro atoms. The zero-order valence-corrected chi connectivity index (χ0v) is 17.4. The normalized spacial score (nSPS) is 12.2. The van der Waals surface area contributed by atoms with Crippen molar-refractivity contribution in [3.8, 4) is 11.4 Å². The molecule has 156 valence electrons. The summed E-state index contributed by atoms with van der Waals surface area (Å²) in [5.41, 5.74) is 0.183. The molecule has 2 N–H and O–H groups in total. The van der Waals surface area contributed by atoms with E-state index in [-0.39, 0.29) is 0 Å². The lowest BCUT2D eigenvalue weighted by Gasteiger charge is -2.20. The molecule has 1 unspecified atom stereocenters. The molecule has 0 fully saturated rings. The number of esters is 1. The third-order valence-corrected chi connectivity index (χ3v) is 3.81. The Balaban J connectivity index is 1.94. The number of carbonyl (C=O) groups excluding carboxylic acids is 3. The number of aromatic nitrogens is 4. The molecule has 1 aromatic carbocycles. The smallest absolute Gasteiger partial charge is 0.333 e. The minimum atomic E-state index is -0.861. The number of amides is 3. The van der Waals surface area contributed by atoms with E-state index in [4.69, 9.17) is 16.3 Å². The molecule has 1 atom stereocenters. The predicted octanol–water partition coefficient (Wildman–Crippen LogP) is 2.11. The SMILES string of the molecule is CCC(C(=O)OCC(=O)NC(=O)NC(C)(C)C)n1nnc(-c2ccc(Cl)cc2)n1. The lowest BCUT2D eigenvalue weighted by molar-refractivity contribution is -0.152. The van der Waals surface area contributed by atoms with Crippen LogP contribution in [0, 0.1) is 0 Å². The van der Waals surface area contributed by atoms with Gasteiger partial charge < -0.3 is 10.1 Å². The van der Waals surface area contributed by atoms with E-state index in [9.17, 15) is 14.4 Å². The maximum atomic E-state index is 12.3. The van der Waals surface area contributed by atoms with Crippen LogP contribution in [0.2, 0.25) is 5.02 Å².